The third kappa shape index (κ3) is 6.33. The van der Waals surface area contributed by atoms with E-state index in [-0.39, 0.29) is 18.9 Å². The molecule has 0 aromatic heterocycles. The fourth-order valence-electron chi connectivity index (χ4n) is 2.85. The standard InChI is InChI=1S/C20H23BrN2O5/c1-28-18-4-2-3-13(10-18)9-15(20(26)23-27)11-17(12-24)22-19(25)14-5-7-16(21)8-6-14/h2-8,10,15,17,24,27H,9,11-12H2,1H3,(H,22,25)(H,23,26)/t15-,17-/m0/s1. The van der Waals surface area contributed by atoms with Crippen LogP contribution < -0.4 is 15.5 Å². The van der Waals surface area contributed by atoms with Crippen molar-refractivity contribution >= 4 is 27.7 Å². The number of benzene rings is 2. The maximum absolute atomic E-state index is 12.4. The van der Waals surface area contributed by atoms with Crippen LogP contribution in [-0.2, 0) is 11.2 Å². The van der Waals surface area contributed by atoms with Crippen LogP contribution in [-0.4, -0.2) is 41.9 Å². The van der Waals surface area contributed by atoms with Crippen molar-refractivity contribution in [2.75, 3.05) is 13.7 Å². The van der Waals surface area contributed by atoms with E-state index < -0.39 is 17.9 Å². The molecule has 2 atom stereocenters. The summed E-state index contributed by atoms with van der Waals surface area (Å²) in [4.78, 5) is 24.5. The van der Waals surface area contributed by atoms with Gasteiger partial charge in [-0.05, 0) is 54.8 Å². The Kier molecular flexibility index (Phi) is 8.43. The second-order valence-corrected chi connectivity index (χ2v) is 7.24. The number of ether oxygens (including phenoxy) is 1. The van der Waals surface area contributed by atoms with E-state index in [9.17, 15) is 14.7 Å². The first-order valence-corrected chi connectivity index (χ1v) is 9.50. The summed E-state index contributed by atoms with van der Waals surface area (Å²) in [5.74, 6) is -0.933. The number of aliphatic hydroxyl groups excluding tert-OH is 1. The molecule has 8 heteroatoms. The molecule has 2 rings (SSSR count). The number of rotatable bonds is 9. The Morgan fingerprint density at radius 1 is 1.18 bits per heavy atom. The van der Waals surface area contributed by atoms with E-state index in [1.165, 1.54) is 0 Å². The van der Waals surface area contributed by atoms with Gasteiger partial charge in [0, 0.05) is 16.0 Å². The van der Waals surface area contributed by atoms with E-state index >= 15 is 0 Å². The number of amides is 2. The molecule has 2 aromatic rings. The van der Waals surface area contributed by atoms with Crippen LogP contribution in [0.2, 0.25) is 0 Å². The van der Waals surface area contributed by atoms with E-state index in [1.54, 1.807) is 55.1 Å². The highest BCUT2D eigenvalue weighted by molar-refractivity contribution is 9.10. The molecule has 0 aliphatic heterocycles. The Labute approximate surface area is 171 Å². The number of nitrogens with one attached hydrogen (secondary N) is 2. The molecular weight excluding hydrogens is 428 g/mol. The van der Waals surface area contributed by atoms with Gasteiger partial charge in [-0.1, -0.05) is 28.1 Å². The topological polar surface area (TPSA) is 108 Å². The van der Waals surface area contributed by atoms with Gasteiger partial charge in [-0.25, -0.2) is 5.48 Å². The van der Waals surface area contributed by atoms with Gasteiger partial charge in [0.25, 0.3) is 5.91 Å². The smallest absolute Gasteiger partial charge is 0.251 e. The van der Waals surface area contributed by atoms with Gasteiger partial charge < -0.3 is 15.2 Å². The van der Waals surface area contributed by atoms with Crippen LogP contribution in [0, 0.1) is 5.92 Å². The molecular formula is C20H23BrN2O5. The second-order valence-electron chi connectivity index (χ2n) is 6.32. The number of carbonyl (C=O) groups excluding carboxylic acids is 2. The van der Waals surface area contributed by atoms with Crippen LogP contribution in [0.5, 0.6) is 5.75 Å². The summed E-state index contributed by atoms with van der Waals surface area (Å²) in [7, 11) is 1.55. The van der Waals surface area contributed by atoms with Gasteiger partial charge in [-0.3, -0.25) is 14.8 Å². The minimum absolute atomic E-state index is 0.155. The van der Waals surface area contributed by atoms with Crippen molar-refractivity contribution in [3.05, 3.63) is 64.1 Å². The third-order valence-corrected chi connectivity index (χ3v) is 4.86. The number of aliphatic hydroxyl groups is 1. The first kappa shape index (κ1) is 21.9. The Bertz CT molecular complexity index is 797. The Morgan fingerprint density at radius 2 is 1.89 bits per heavy atom. The Morgan fingerprint density at radius 3 is 2.50 bits per heavy atom. The maximum atomic E-state index is 12.4. The fraction of sp³-hybridized carbons (Fsp3) is 0.300. The quantitative estimate of drug-likeness (QED) is 0.346. The van der Waals surface area contributed by atoms with Crippen molar-refractivity contribution in [1.29, 1.82) is 0 Å². The van der Waals surface area contributed by atoms with E-state index in [4.69, 9.17) is 9.94 Å². The molecule has 150 valence electrons. The molecule has 0 spiro atoms. The van der Waals surface area contributed by atoms with Crippen molar-refractivity contribution < 1.29 is 24.6 Å². The summed E-state index contributed by atoms with van der Waals surface area (Å²) in [6.07, 6.45) is 0.469. The van der Waals surface area contributed by atoms with Gasteiger partial charge in [0.2, 0.25) is 5.91 Å². The van der Waals surface area contributed by atoms with Crippen LogP contribution >= 0.6 is 15.9 Å². The first-order valence-electron chi connectivity index (χ1n) is 8.71. The van der Waals surface area contributed by atoms with Crippen molar-refractivity contribution in [3.8, 4) is 5.75 Å². The monoisotopic (exact) mass is 450 g/mol. The average molecular weight is 451 g/mol. The molecule has 0 saturated heterocycles. The number of hydroxylamine groups is 1. The zero-order chi connectivity index (χ0) is 20.5. The lowest BCUT2D eigenvalue weighted by molar-refractivity contribution is -0.133. The Balaban J connectivity index is 2.08. The van der Waals surface area contributed by atoms with Gasteiger partial charge in [-0.2, -0.15) is 0 Å². The summed E-state index contributed by atoms with van der Waals surface area (Å²) in [6, 6.07) is 13.4. The highest BCUT2D eigenvalue weighted by Gasteiger charge is 2.24. The van der Waals surface area contributed by atoms with Crippen LogP contribution in [0.1, 0.15) is 22.3 Å². The molecule has 0 saturated carbocycles. The molecule has 0 aliphatic carbocycles. The average Bonchev–Trinajstić information content (AvgIpc) is 2.72. The lowest BCUT2D eigenvalue weighted by atomic mass is 9.92. The first-order chi connectivity index (χ1) is 13.5. The molecule has 4 N–H and O–H groups in total. The molecule has 0 aliphatic rings. The third-order valence-electron chi connectivity index (χ3n) is 4.33. The summed E-state index contributed by atoms with van der Waals surface area (Å²) in [5.41, 5.74) is 2.94. The lowest BCUT2D eigenvalue weighted by Gasteiger charge is -2.22. The number of methoxy groups -OCH3 is 1. The zero-order valence-corrected chi connectivity index (χ0v) is 17.0. The summed E-state index contributed by atoms with van der Waals surface area (Å²) in [5, 5.41) is 21.5. The number of halogens is 1. The minimum atomic E-state index is -0.653. The molecule has 0 bridgehead atoms. The van der Waals surface area contributed by atoms with Gasteiger partial charge in [-0.15, -0.1) is 0 Å². The van der Waals surface area contributed by atoms with E-state index in [1.807, 2.05) is 6.07 Å². The fourth-order valence-corrected chi connectivity index (χ4v) is 3.12. The normalized spacial score (nSPS) is 12.7. The number of carbonyl (C=O) groups is 2. The van der Waals surface area contributed by atoms with Crippen molar-refractivity contribution in [3.63, 3.8) is 0 Å². The number of hydrogen-bond acceptors (Lipinski definition) is 5. The Hall–Kier alpha value is -2.42. The van der Waals surface area contributed by atoms with E-state index in [0.29, 0.717) is 17.7 Å². The summed E-state index contributed by atoms with van der Waals surface area (Å²) in [6.45, 7) is -0.338. The van der Waals surface area contributed by atoms with Crippen LogP contribution in [0.15, 0.2) is 53.0 Å². The summed E-state index contributed by atoms with van der Waals surface area (Å²) >= 11 is 3.31. The molecule has 0 fully saturated rings. The number of hydrogen-bond donors (Lipinski definition) is 4. The molecule has 2 amide bonds. The molecule has 28 heavy (non-hydrogen) atoms. The van der Waals surface area contributed by atoms with Crippen molar-refractivity contribution in [1.82, 2.24) is 10.8 Å². The van der Waals surface area contributed by atoms with Gasteiger partial charge in [0.1, 0.15) is 5.75 Å². The predicted octanol–water partition coefficient (Wildman–Crippen LogP) is 2.30. The van der Waals surface area contributed by atoms with Crippen LogP contribution in [0.4, 0.5) is 0 Å². The highest BCUT2D eigenvalue weighted by Crippen LogP contribution is 2.19. The van der Waals surface area contributed by atoms with Gasteiger partial charge >= 0.3 is 0 Å². The zero-order valence-electron chi connectivity index (χ0n) is 15.4. The lowest BCUT2D eigenvalue weighted by Crippen LogP contribution is -2.42. The highest BCUT2D eigenvalue weighted by atomic mass is 79.9. The van der Waals surface area contributed by atoms with Crippen molar-refractivity contribution in [2.24, 2.45) is 5.92 Å². The maximum Gasteiger partial charge on any atom is 0.251 e. The second kappa shape index (κ2) is 10.8. The van der Waals surface area contributed by atoms with E-state index in [2.05, 4.69) is 21.2 Å². The summed E-state index contributed by atoms with van der Waals surface area (Å²) < 4.78 is 6.03. The molecule has 0 unspecified atom stereocenters. The molecule has 7 nitrogen and oxygen atoms in total. The van der Waals surface area contributed by atoms with E-state index in [0.717, 1.165) is 10.0 Å². The van der Waals surface area contributed by atoms with Gasteiger partial charge in [0.15, 0.2) is 0 Å². The molecule has 2 aromatic carbocycles. The SMILES string of the molecule is COc1cccc(C[C@@H](C[C@@H](CO)NC(=O)c2ccc(Br)cc2)C(=O)NO)c1. The van der Waals surface area contributed by atoms with Crippen molar-refractivity contribution in [2.45, 2.75) is 18.9 Å². The largest absolute Gasteiger partial charge is 0.497 e. The van der Waals surface area contributed by atoms with Gasteiger partial charge in [0.05, 0.1) is 19.8 Å². The minimum Gasteiger partial charge on any atom is -0.497 e. The van der Waals surface area contributed by atoms with Crippen LogP contribution in [0.3, 0.4) is 0 Å². The van der Waals surface area contributed by atoms with Crippen LogP contribution in [0.25, 0.3) is 0 Å². The predicted molar refractivity (Wildman–Crippen MR) is 107 cm³/mol. The molecule has 0 heterocycles. The molecule has 0 radical (unpaired) electrons.